The smallest absolute Gasteiger partial charge is 0.366 e. The largest absolute Gasteiger partial charge is 0.497 e. The number of nitrogens with zero attached hydrogens (tertiary/aromatic N) is 1. The molecule has 5 N–H and O–H groups in total. The third kappa shape index (κ3) is 12.5. The standard InChI is InChI=1S/C39H48N4O14/c1-6-9-10-11-25(29(7-2)43(22-44)57-39(52)27-15-13-24(53-4)19-32(27)54-5)35(47)40-21-41-37(49)31-17-16-30(56-31)23-12-14-26(33(18-23)55-8-3)36(48)42-28(38(50)51)20-34(45)46/h12-19,22,25,28-29H,6-11,20-21H2,1-5H3,(H,40,47)(H,41,49)(H,42,48)(H,45,46)(H,50,51)/t25-,28+,29-/m1/s1. The highest BCUT2D eigenvalue weighted by Gasteiger charge is 2.34. The van der Waals surface area contributed by atoms with E-state index in [2.05, 4.69) is 16.0 Å². The van der Waals surface area contributed by atoms with Crippen molar-refractivity contribution in [3.05, 3.63) is 65.4 Å². The first-order valence-electron chi connectivity index (χ1n) is 18.2. The fourth-order valence-electron chi connectivity index (χ4n) is 5.83. The van der Waals surface area contributed by atoms with E-state index in [0.29, 0.717) is 30.6 Å². The second-order valence-corrected chi connectivity index (χ2v) is 12.5. The van der Waals surface area contributed by atoms with E-state index in [4.69, 9.17) is 28.6 Å². The number of nitrogens with one attached hydrogen (secondary N) is 3. The first-order chi connectivity index (χ1) is 27.3. The number of hydrogen-bond acceptors (Lipinski definition) is 12. The number of hydroxylamine groups is 2. The number of benzene rings is 2. The fourth-order valence-corrected chi connectivity index (χ4v) is 5.83. The van der Waals surface area contributed by atoms with Crippen LogP contribution in [0.3, 0.4) is 0 Å². The van der Waals surface area contributed by atoms with E-state index in [0.717, 1.165) is 17.9 Å². The zero-order valence-corrected chi connectivity index (χ0v) is 32.3. The molecule has 0 saturated carbocycles. The molecule has 308 valence electrons. The maximum atomic E-state index is 13.6. The van der Waals surface area contributed by atoms with Gasteiger partial charge in [-0.3, -0.25) is 24.0 Å². The molecule has 3 rings (SSSR count). The van der Waals surface area contributed by atoms with Crippen LogP contribution in [0.1, 0.15) is 90.6 Å². The summed E-state index contributed by atoms with van der Waals surface area (Å²) >= 11 is 0. The van der Waals surface area contributed by atoms with E-state index in [1.54, 1.807) is 13.8 Å². The summed E-state index contributed by atoms with van der Waals surface area (Å²) in [5, 5.41) is 26.5. The van der Waals surface area contributed by atoms with Gasteiger partial charge in [-0.2, -0.15) is 5.06 Å². The van der Waals surface area contributed by atoms with E-state index in [-0.39, 0.29) is 53.8 Å². The van der Waals surface area contributed by atoms with Gasteiger partial charge in [0.05, 0.1) is 51.4 Å². The molecule has 57 heavy (non-hydrogen) atoms. The minimum absolute atomic E-state index is 0.0376. The van der Waals surface area contributed by atoms with Crippen LogP contribution in [0.15, 0.2) is 52.9 Å². The maximum absolute atomic E-state index is 13.6. The molecular weight excluding hydrogens is 748 g/mol. The molecule has 0 bridgehead atoms. The Hall–Kier alpha value is -6.59. The lowest BCUT2D eigenvalue weighted by Crippen LogP contribution is -2.49. The second-order valence-electron chi connectivity index (χ2n) is 12.5. The minimum Gasteiger partial charge on any atom is -0.497 e. The number of methoxy groups -OCH3 is 2. The first kappa shape index (κ1) is 44.8. The van der Waals surface area contributed by atoms with E-state index in [1.165, 1.54) is 62.8 Å². The Balaban J connectivity index is 1.71. The highest BCUT2D eigenvalue weighted by molar-refractivity contribution is 6.00. The summed E-state index contributed by atoms with van der Waals surface area (Å²) in [7, 11) is 2.83. The number of furan rings is 1. The van der Waals surface area contributed by atoms with Crippen LogP contribution in [0.5, 0.6) is 17.2 Å². The van der Waals surface area contributed by atoms with Crippen LogP contribution < -0.4 is 30.2 Å². The number of hydrogen-bond donors (Lipinski definition) is 5. The Morgan fingerprint density at radius 3 is 2.21 bits per heavy atom. The number of rotatable bonds is 24. The highest BCUT2D eigenvalue weighted by Crippen LogP contribution is 2.30. The number of carboxylic acids is 2. The number of carboxylic acid groups (broad SMARTS) is 2. The first-order valence-corrected chi connectivity index (χ1v) is 18.2. The normalized spacial score (nSPS) is 12.2. The summed E-state index contributed by atoms with van der Waals surface area (Å²) in [4.78, 5) is 92.9. The number of carbonyl (C=O) groups is 7. The lowest BCUT2D eigenvalue weighted by Gasteiger charge is -2.32. The summed E-state index contributed by atoms with van der Waals surface area (Å²) < 4.78 is 21.8. The molecular formula is C39H48N4O14. The van der Waals surface area contributed by atoms with E-state index in [1.807, 2.05) is 6.92 Å². The molecule has 0 saturated heterocycles. The Morgan fingerprint density at radius 1 is 0.860 bits per heavy atom. The fraction of sp³-hybridized carbons (Fsp3) is 0.410. The molecule has 3 atom stereocenters. The van der Waals surface area contributed by atoms with E-state index in [9.17, 15) is 38.7 Å². The van der Waals surface area contributed by atoms with Crippen molar-refractivity contribution >= 4 is 42.0 Å². The van der Waals surface area contributed by atoms with E-state index >= 15 is 0 Å². The minimum atomic E-state index is -1.67. The Kier molecular flexibility index (Phi) is 17.4. The van der Waals surface area contributed by atoms with Crippen molar-refractivity contribution in [2.75, 3.05) is 27.5 Å². The van der Waals surface area contributed by atoms with Crippen LogP contribution in [-0.4, -0.2) is 96.9 Å². The lowest BCUT2D eigenvalue weighted by molar-refractivity contribution is -0.171. The van der Waals surface area contributed by atoms with Gasteiger partial charge in [0.2, 0.25) is 12.3 Å². The average molecular weight is 797 g/mol. The van der Waals surface area contributed by atoms with Crippen molar-refractivity contribution in [1.82, 2.24) is 21.0 Å². The van der Waals surface area contributed by atoms with Gasteiger partial charge in [-0.15, -0.1) is 0 Å². The zero-order chi connectivity index (χ0) is 42.1. The molecule has 4 amide bonds. The van der Waals surface area contributed by atoms with Crippen molar-refractivity contribution in [3.63, 3.8) is 0 Å². The second kappa shape index (κ2) is 22.1. The maximum Gasteiger partial charge on any atom is 0.366 e. The van der Waals surface area contributed by atoms with Crippen LogP contribution in [0, 0.1) is 5.92 Å². The third-order valence-electron chi connectivity index (χ3n) is 8.72. The van der Waals surface area contributed by atoms with Crippen molar-refractivity contribution in [3.8, 4) is 28.6 Å². The number of aliphatic carboxylic acids is 2. The molecule has 18 nitrogen and oxygen atoms in total. The van der Waals surface area contributed by atoms with Crippen LogP contribution in [0.25, 0.3) is 11.3 Å². The summed E-state index contributed by atoms with van der Waals surface area (Å²) in [5.74, 6) is -5.90. The number of ether oxygens (including phenoxy) is 3. The number of unbranched alkanes of at least 4 members (excludes halogenated alkanes) is 2. The molecule has 0 spiro atoms. The monoisotopic (exact) mass is 796 g/mol. The molecule has 2 aromatic carbocycles. The van der Waals surface area contributed by atoms with Gasteiger partial charge in [-0.05, 0) is 56.2 Å². The van der Waals surface area contributed by atoms with Gasteiger partial charge in [0.1, 0.15) is 34.6 Å². The summed E-state index contributed by atoms with van der Waals surface area (Å²) in [5.41, 5.74) is 0.382. The summed E-state index contributed by atoms with van der Waals surface area (Å²) in [6.07, 6.45) is 2.43. The number of amides is 4. The van der Waals surface area contributed by atoms with Crippen LogP contribution in [0.4, 0.5) is 0 Å². The molecule has 1 aromatic heterocycles. The lowest BCUT2D eigenvalue weighted by atomic mass is 9.90. The van der Waals surface area contributed by atoms with Gasteiger partial charge in [-0.1, -0.05) is 39.2 Å². The Labute approximate surface area is 328 Å². The van der Waals surface area contributed by atoms with Gasteiger partial charge >= 0.3 is 17.9 Å². The van der Waals surface area contributed by atoms with Crippen LogP contribution in [-0.2, 0) is 24.0 Å². The molecule has 0 fully saturated rings. The molecule has 0 aliphatic carbocycles. The predicted octanol–water partition coefficient (Wildman–Crippen LogP) is 4.03. The molecule has 3 aromatic rings. The molecule has 0 aliphatic heterocycles. The third-order valence-corrected chi connectivity index (χ3v) is 8.72. The van der Waals surface area contributed by atoms with Gasteiger partial charge < -0.3 is 49.6 Å². The van der Waals surface area contributed by atoms with Gasteiger partial charge in [-0.25, -0.2) is 9.59 Å². The van der Waals surface area contributed by atoms with Gasteiger partial charge in [0.15, 0.2) is 5.76 Å². The molecule has 0 unspecified atom stereocenters. The van der Waals surface area contributed by atoms with Crippen LogP contribution >= 0.6 is 0 Å². The molecule has 1 heterocycles. The average Bonchev–Trinajstić information content (AvgIpc) is 3.70. The SMILES string of the molecule is CCCCC[C@@H](C(=O)NCNC(=O)c1ccc(-c2ccc(C(=O)N[C@@H](CC(=O)O)C(=O)O)c(OCC)c2)o1)[C@@H](CC)N(C=O)OC(=O)c1ccc(OC)cc1OC. The molecule has 0 aliphatic rings. The number of carbonyl (C=O) groups excluding carboxylic acids is 5. The van der Waals surface area contributed by atoms with Gasteiger partial charge in [0, 0.05) is 11.6 Å². The topological polar surface area (TPSA) is 249 Å². The van der Waals surface area contributed by atoms with E-state index < -0.39 is 60.1 Å². The Bertz CT molecular complexity index is 1890. The van der Waals surface area contributed by atoms with Crippen LogP contribution in [0.2, 0.25) is 0 Å². The zero-order valence-electron chi connectivity index (χ0n) is 32.3. The predicted molar refractivity (Wildman–Crippen MR) is 202 cm³/mol. The molecule has 18 heteroatoms. The van der Waals surface area contributed by atoms with Crippen molar-refractivity contribution < 1.29 is 67.2 Å². The van der Waals surface area contributed by atoms with Crippen molar-refractivity contribution in [1.29, 1.82) is 0 Å². The highest BCUT2D eigenvalue weighted by atomic mass is 16.7. The van der Waals surface area contributed by atoms with Crippen molar-refractivity contribution in [2.45, 2.75) is 71.4 Å². The molecule has 0 radical (unpaired) electrons. The Morgan fingerprint density at radius 2 is 1.60 bits per heavy atom. The summed E-state index contributed by atoms with van der Waals surface area (Å²) in [6.45, 7) is 5.23. The van der Waals surface area contributed by atoms with Gasteiger partial charge in [0.25, 0.3) is 11.8 Å². The van der Waals surface area contributed by atoms with Crippen molar-refractivity contribution in [2.24, 2.45) is 5.92 Å². The summed E-state index contributed by atoms with van der Waals surface area (Å²) in [6, 6.07) is 9.09. The quantitative estimate of drug-likeness (QED) is 0.0372.